The van der Waals surface area contributed by atoms with Crippen LogP contribution < -0.4 is 5.32 Å². The van der Waals surface area contributed by atoms with Crippen molar-refractivity contribution in [2.24, 2.45) is 0 Å². The molecule has 10 heteroatoms. The molecule has 0 saturated carbocycles. The first kappa shape index (κ1) is 28.0. The van der Waals surface area contributed by atoms with Crippen LogP contribution in [0.15, 0.2) is 65.7 Å². The molecule has 5 nitrogen and oxygen atoms in total. The Bertz CT molecular complexity index is 1440. The third kappa shape index (κ3) is 6.17. The van der Waals surface area contributed by atoms with Gasteiger partial charge in [0.15, 0.2) is 0 Å². The second-order valence-corrected chi connectivity index (χ2v) is 10.5. The minimum absolute atomic E-state index is 0.0134. The molecule has 2 heterocycles. The van der Waals surface area contributed by atoms with E-state index < -0.39 is 23.7 Å². The van der Waals surface area contributed by atoms with Crippen molar-refractivity contribution in [3.05, 3.63) is 99.5 Å². The highest BCUT2D eigenvalue weighted by Crippen LogP contribution is 2.35. The maximum absolute atomic E-state index is 13.6. The lowest BCUT2D eigenvalue weighted by atomic mass is 10.0. The van der Waals surface area contributed by atoms with E-state index in [2.05, 4.69) is 17.2 Å². The van der Waals surface area contributed by atoms with Crippen LogP contribution in [0.25, 0.3) is 5.65 Å². The highest BCUT2D eigenvalue weighted by atomic mass is 35.5. The van der Waals surface area contributed by atoms with Gasteiger partial charge in [0.2, 0.25) is 0 Å². The summed E-state index contributed by atoms with van der Waals surface area (Å²) in [7, 11) is 0. The smallest absolute Gasteiger partial charge is 0.394 e. The van der Waals surface area contributed by atoms with E-state index in [1.807, 2.05) is 31.2 Å². The maximum atomic E-state index is 13.6. The van der Waals surface area contributed by atoms with Gasteiger partial charge in [0.1, 0.15) is 5.65 Å². The number of benzene rings is 2. The number of hydrogen-bond acceptors (Lipinski definition) is 4. The number of alkyl halides is 3. The van der Waals surface area contributed by atoms with Crippen molar-refractivity contribution >= 4 is 34.9 Å². The van der Waals surface area contributed by atoms with Crippen molar-refractivity contribution in [2.75, 3.05) is 12.4 Å². The summed E-state index contributed by atoms with van der Waals surface area (Å²) in [6.45, 7) is 3.69. The van der Waals surface area contributed by atoms with E-state index in [-0.39, 0.29) is 23.6 Å². The first-order chi connectivity index (χ1) is 18.1. The lowest BCUT2D eigenvalue weighted by Crippen LogP contribution is -2.30. The monoisotopic (exact) mass is 561 g/mol. The molecule has 0 radical (unpaired) electrons. The molecule has 38 heavy (non-hydrogen) atoms. The number of thioether (sulfide) groups is 1. The number of carbonyl (C=O) groups excluding carboxylic acids is 1. The van der Waals surface area contributed by atoms with Crippen LogP contribution in [-0.2, 0) is 19.0 Å². The van der Waals surface area contributed by atoms with E-state index in [9.17, 15) is 23.1 Å². The van der Waals surface area contributed by atoms with E-state index in [1.54, 1.807) is 34.5 Å². The first-order valence-corrected chi connectivity index (χ1v) is 13.5. The lowest BCUT2D eigenvalue weighted by molar-refractivity contribution is -0.138. The van der Waals surface area contributed by atoms with Crippen LogP contribution in [0.4, 0.5) is 13.2 Å². The van der Waals surface area contributed by atoms with Crippen molar-refractivity contribution in [3.63, 3.8) is 0 Å². The molecule has 0 fully saturated rings. The summed E-state index contributed by atoms with van der Waals surface area (Å²) in [5.41, 5.74) is 2.10. The van der Waals surface area contributed by atoms with Crippen LogP contribution in [0.5, 0.6) is 0 Å². The summed E-state index contributed by atoms with van der Waals surface area (Å²) >= 11 is 7.53. The lowest BCUT2D eigenvalue weighted by Gasteiger charge is -2.17. The van der Waals surface area contributed by atoms with E-state index >= 15 is 0 Å². The van der Waals surface area contributed by atoms with Crippen LogP contribution in [-0.4, -0.2) is 32.8 Å². The number of amides is 1. The van der Waals surface area contributed by atoms with Gasteiger partial charge in [-0.15, -0.1) is 11.8 Å². The normalized spacial score (nSPS) is 12.6. The number of aryl methyl sites for hydroxylation is 1. The quantitative estimate of drug-likeness (QED) is 0.222. The number of hydrogen-bond donors (Lipinski definition) is 2. The number of aliphatic hydroxyl groups is 1. The van der Waals surface area contributed by atoms with Gasteiger partial charge in [-0.05, 0) is 59.7 Å². The van der Waals surface area contributed by atoms with Crippen LogP contribution in [0.2, 0.25) is 5.02 Å². The zero-order chi connectivity index (χ0) is 27.4. The zero-order valence-corrected chi connectivity index (χ0v) is 22.4. The highest BCUT2D eigenvalue weighted by Gasteiger charge is 2.34. The molecule has 0 aliphatic carbocycles. The molecule has 2 N–H and O–H groups in total. The summed E-state index contributed by atoms with van der Waals surface area (Å²) in [5.74, 6) is 0.554. The summed E-state index contributed by atoms with van der Waals surface area (Å²) in [6.07, 6.45) is -2.35. The average molecular weight is 562 g/mol. The molecular formula is C28H27ClF3N3O2S. The largest absolute Gasteiger partial charge is 0.416 e. The number of nitrogens with one attached hydrogen (secondary N) is 1. The molecule has 2 aromatic carbocycles. The van der Waals surface area contributed by atoms with Crippen LogP contribution in [0.3, 0.4) is 0 Å². The fourth-order valence-corrected chi connectivity index (χ4v) is 5.22. The number of aliphatic hydroxyl groups excluding tert-OH is 1. The molecule has 4 rings (SSSR count). The van der Waals surface area contributed by atoms with Crippen LogP contribution in [0, 0.1) is 0 Å². The average Bonchev–Trinajstić information content (AvgIpc) is 3.24. The van der Waals surface area contributed by atoms with Crippen molar-refractivity contribution in [1.29, 1.82) is 0 Å². The Morgan fingerprint density at radius 3 is 2.50 bits per heavy atom. The van der Waals surface area contributed by atoms with E-state index in [1.165, 1.54) is 12.1 Å². The molecule has 200 valence electrons. The van der Waals surface area contributed by atoms with E-state index in [0.29, 0.717) is 23.3 Å². The standard InChI is InChI=1S/C28H27ClF3N3O2S/c1-3-25-23(13-18-5-8-20(29)15-22(18)28(30,31)32)33-26-14-19(11-12-35(25)26)27(37)34-24(16-36)17-6-9-21(10-7-17)38-4-2/h5-12,14-15,24,36H,3-4,13,16H2,1-2H3,(H,34,37). The fourth-order valence-electron chi connectivity index (χ4n) is 4.39. The molecular weight excluding hydrogens is 535 g/mol. The SMILES string of the molecule is CCSc1ccc(C(CO)NC(=O)c2ccn3c(CC)c(Cc4ccc(Cl)cc4C(F)(F)F)nc3c2)cc1. The van der Waals surface area contributed by atoms with Gasteiger partial charge in [-0.2, -0.15) is 13.2 Å². The third-order valence-corrected chi connectivity index (χ3v) is 7.35. The summed E-state index contributed by atoms with van der Waals surface area (Å²) in [6, 6.07) is 14.0. The van der Waals surface area contributed by atoms with Crippen LogP contribution >= 0.6 is 23.4 Å². The molecule has 4 aromatic rings. The van der Waals surface area contributed by atoms with Gasteiger partial charge in [-0.1, -0.05) is 43.6 Å². The van der Waals surface area contributed by atoms with Gasteiger partial charge in [-0.25, -0.2) is 4.98 Å². The number of imidazole rings is 1. The highest BCUT2D eigenvalue weighted by molar-refractivity contribution is 7.99. The number of halogens is 4. The predicted molar refractivity (Wildman–Crippen MR) is 144 cm³/mol. The Morgan fingerprint density at radius 1 is 1.13 bits per heavy atom. The molecule has 1 atom stereocenters. The molecule has 0 aliphatic heterocycles. The number of rotatable bonds is 9. The Balaban J connectivity index is 1.60. The first-order valence-electron chi connectivity index (χ1n) is 12.1. The summed E-state index contributed by atoms with van der Waals surface area (Å²) in [5, 5.41) is 12.8. The summed E-state index contributed by atoms with van der Waals surface area (Å²) in [4.78, 5) is 18.7. The van der Waals surface area contributed by atoms with Crippen molar-refractivity contribution < 1.29 is 23.1 Å². The number of carbonyl (C=O) groups is 1. The molecule has 2 aromatic heterocycles. The van der Waals surface area contributed by atoms with Crippen LogP contribution in [0.1, 0.15) is 58.3 Å². The van der Waals surface area contributed by atoms with E-state index in [4.69, 9.17) is 11.6 Å². The Hall–Kier alpha value is -3.01. The second kappa shape index (κ2) is 11.8. The number of fused-ring (bicyclic) bond motifs is 1. The van der Waals surface area contributed by atoms with Gasteiger partial charge in [0, 0.05) is 33.8 Å². The molecule has 1 amide bonds. The maximum Gasteiger partial charge on any atom is 0.416 e. The molecule has 0 aliphatic rings. The predicted octanol–water partition coefficient (Wildman–Crippen LogP) is 6.74. The van der Waals surface area contributed by atoms with Gasteiger partial charge in [0.25, 0.3) is 5.91 Å². The molecule has 0 spiro atoms. The Kier molecular flexibility index (Phi) is 8.70. The Morgan fingerprint density at radius 2 is 1.87 bits per heavy atom. The minimum Gasteiger partial charge on any atom is -0.394 e. The van der Waals surface area contributed by atoms with Gasteiger partial charge >= 0.3 is 6.18 Å². The number of nitrogens with zero attached hydrogens (tertiary/aromatic N) is 2. The van der Waals surface area contributed by atoms with Crippen molar-refractivity contribution in [1.82, 2.24) is 14.7 Å². The zero-order valence-electron chi connectivity index (χ0n) is 20.8. The molecule has 0 saturated heterocycles. The van der Waals surface area contributed by atoms with Crippen molar-refractivity contribution in [3.8, 4) is 0 Å². The fraction of sp³-hybridized carbons (Fsp3) is 0.286. The van der Waals surface area contributed by atoms with E-state index in [0.717, 1.165) is 28.0 Å². The minimum atomic E-state index is -4.55. The third-order valence-electron chi connectivity index (χ3n) is 6.22. The van der Waals surface area contributed by atoms with Gasteiger partial charge < -0.3 is 14.8 Å². The topological polar surface area (TPSA) is 66.6 Å². The summed E-state index contributed by atoms with van der Waals surface area (Å²) < 4.78 is 42.6. The van der Waals surface area contributed by atoms with Gasteiger partial charge in [-0.3, -0.25) is 4.79 Å². The Labute approximate surface area is 228 Å². The van der Waals surface area contributed by atoms with Gasteiger partial charge in [0.05, 0.1) is 23.9 Å². The number of aromatic nitrogens is 2. The number of pyridine rings is 1. The molecule has 1 unspecified atom stereocenters. The molecule has 0 bridgehead atoms. The second-order valence-electron chi connectivity index (χ2n) is 8.69. The van der Waals surface area contributed by atoms with Crippen molar-refractivity contribution in [2.45, 2.75) is 43.8 Å².